The first-order chi connectivity index (χ1) is 8.61. The molecule has 0 atom stereocenters. The molecule has 0 fully saturated rings. The Morgan fingerprint density at radius 2 is 2.33 bits per heavy atom. The third-order valence-electron chi connectivity index (χ3n) is 2.72. The summed E-state index contributed by atoms with van der Waals surface area (Å²) < 4.78 is 0. The lowest BCUT2D eigenvalue weighted by molar-refractivity contribution is 0.0958. The molecule has 0 aliphatic heterocycles. The smallest absolute Gasteiger partial charge is 0.251 e. The molecule has 0 aliphatic carbocycles. The van der Waals surface area contributed by atoms with Crippen molar-refractivity contribution in [1.29, 1.82) is 0 Å². The first-order valence-electron chi connectivity index (χ1n) is 6.00. The second kappa shape index (κ2) is 5.04. The highest BCUT2D eigenvalue weighted by molar-refractivity contribution is 5.97. The van der Waals surface area contributed by atoms with Crippen LogP contribution >= 0.6 is 0 Å². The van der Waals surface area contributed by atoms with Crippen LogP contribution in [0.2, 0.25) is 0 Å². The molecule has 1 amide bonds. The molecule has 0 saturated carbocycles. The molecular weight excluding hydrogens is 226 g/mol. The molecule has 2 rings (SSSR count). The Labute approximate surface area is 106 Å². The van der Waals surface area contributed by atoms with Crippen molar-refractivity contribution in [2.45, 2.75) is 19.8 Å². The Balaban J connectivity index is 2.31. The zero-order chi connectivity index (χ0) is 13.1. The molecule has 94 valence electrons. The summed E-state index contributed by atoms with van der Waals surface area (Å²) in [4.78, 5) is 19.5. The number of carbonyl (C=O) groups excluding carboxylic acids is 1. The third kappa shape index (κ3) is 2.42. The first kappa shape index (κ1) is 12.4. The van der Waals surface area contributed by atoms with Gasteiger partial charge in [-0.1, -0.05) is 19.9 Å². The predicted octanol–water partition coefficient (Wildman–Crippen LogP) is 2.60. The second-order valence-corrected chi connectivity index (χ2v) is 4.51. The highest BCUT2D eigenvalue weighted by Gasteiger charge is 2.09. The second-order valence-electron chi connectivity index (χ2n) is 4.51. The van der Waals surface area contributed by atoms with Gasteiger partial charge in [-0.25, -0.2) is 4.98 Å². The summed E-state index contributed by atoms with van der Waals surface area (Å²) in [5.41, 5.74) is 2.41. The van der Waals surface area contributed by atoms with E-state index in [1.165, 1.54) is 0 Å². The van der Waals surface area contributed by atoms with E-state index in [4.69, 9.17) is 0 Å². The van der Waals surface area contributed by atoms with E-state index in [1.54, 1.807) is 12.1 Å². The maximum Gasteiger partial charge on any atom is 0.251 e. The van der Waals surface area contributed by atoms with Crippen LogP contribution in [0.5, 0.6) is 0 Å². The predicted molar refractivity (Wildman–Crippen MR) is 72.7 cm³/mol. The molecule has 0 unspecified atom stereocenters. The minimum Gasteiger partial charge on any atom is -0.349 e. The number of amides is 1. The zero-order valence-corrected chi connectivity index (χ0v) is 10.7. The Bertz CT molecular complexity index is 584. The van der Waals surface area contributed by atoms with E-state index in [1.807, 2.05) is 12.1 Å². The Morgan fingerprint density at radius 1 is 1.56 bits per heavy atom. The molecule has 0 bridgehead atoms. The van der Waals surface area contributed by atoms with Crippen molar-refractivity contribution in [2.24, 2.45) is 0 Å². The summed E-state index contributed by atoms with van der Waals surface area (Å²) in [5.74, 6) is 1.18. The van der Waals surface area contributed by atoms with Gasteiger partial charge < -0.3 is 10.3 Å². The quantitative estimate of drug-likeness (QED) is 0.811. The average Bonchev–Trinajstić information content (AvgIpc) is 2.78. The lowest BCUT2D eigenvalue weighted by Crippen LogP contribution is -2.22. The van der Waals surface area contributed by atoms with Crippen LogP contribution in [0.4, 0.5) is 0 Å². The van der Waals surface area contributed by atoms with E-state index in [-0.39, 0.29) is 5.91 Å². The molecule has 1 aromatic carbocycles. The van der Waals surface area contributed by atoms with Crippen molar-refractivity contribution in [1.82, 2.24) is 15.3 Å². The fourth-order valence-electron chi connectivity index (χ4n) is 1.71. The van der Waals surface area contributed by atoms with E-state index in [9.17, 15) is 4.79 Å². The Hall–Kier alpha value is -2.10. The topological polar surface area (TPSA) is 57.8 Å². The lowest BCUT2D eigenvalue weighted by Gasteiger charge is -2.01. The average molecular weight is 243 g/mol. The van der Waals surface area contributed by atoms with Gasteiger partial charge in [-0.3, -0.25) is 4.79 Å². The van der Waals surface area contributed by atoms with Gasteiger partial charge in [-0.2, -0.15) is 0 Å². The van der Waals surface area contributed by atoms with Gasteiger partial charge in [0, 0.05) is 18.0 Å². The molecule has 1 aromatic heterocycles. The number of nitrogens with one attached hydrogen (secondary N) is 2. The highest BCUT2D eigenvalue weighted by Crippen LogP contribution is 2.18. The summed E-state index contributed by atoms with van der Waals surface area (Å²) in [7, 11) is 0. The van der Waals surface area contributed by atoms with Gasteiger partial charge in [0.25, 0.3) is 5.91 Å². The van der Waals surface area contributed by atoms with Crippen LogP contribution in [0.25, 0.3) is 11.0 Å². The van der Waals surface area contributed by atoms with E-state index < -0.39 is 0 Å². The summed E-state index contributed by atoms with van der Waals surface area (Å²) >= 11 is 0. The molecular formula is C14H17N3O. The van der Waals surface area contributed by atoms with Crippen molar-refractivity contribution in [2.75, 3.05) is 6.54 Å². The SMILES string of the molecule is C=CCNC(=O)c1ccc2nc(C(C)C)[nH]c2c1. The molecule has 2 aromatic rings. The van der Waals surface area contributed by atoms with Gasteiger partial charge in [0.1, 0.15) is 5.82 Å². The van der Waals surface area contributed by atoms with Crippen molar-refractivity contribution >= 4 is 16.9 Å². The monoisotopic (exact) mass is 243 g/mol. The fourth-order valence-corrected chi connectivity index (χ4v) is 1.71. The maximum absolute atomic E-state index is 11.8. The minimum absolute atomic E-state index is 0.0995. The number of hydrogen-bond donors (Lipinski definition) is 2. The van der Waals surface area contributed by atoms with E-state index in [2.05, 4.69) is 35.7 Å². The normalized spacial score (nSPS) is 10.8. The van der Waals surface area contributed by atoms with Gasteiger partial charge in [-0.05, 0) is 18.2 Å². The van der Waals surface area contributed by atoms with E-state index in [0.29, 0.717) is 18.0 Å². The number of hydrogen-bond acceptors (Lipinski definition) is 2. The van der Waals surface area contributed by atoms with E-state index in [0.717, 1.165) is 16.9 Å². The number of aromatic nitrogens is 2. The summed E-state index contributed by atoms with van der Waals surface area (Å²) in [5, 5.41) is 2.75. The van der Waals surface area contributed by atoms with Crippen LogP contribution in [0, 0.1) is 0 Å². The number of rotatable bonds is 4. The number of nitrogens with zero attached hydrogens (tertiary/aromatic N) is 1. The van der Waals surface area contributed by atoms with Crippen LogP contribution < -0.4 is 5.32 Å². The van der Waals surface area contributed by atoms with Crippen LogP contribution in [-0.4, -0.2) is 22.4 Å². The van der Waals surface area contributed by atoms with Gasteiger partial charge >= 0.3 is 0 Å². The molecule has 18 heavy (non-hydrogen) atoms. The first-order valence-corrected chi connectivity index (χ1v) is 6.00. The third-order valence-corrected chi connectivity index (χ3v) is 2.72. The number of imidazole rings is 1. The van der Waals surface area contributed by atoms with Gasteiger partial charge in [-0.15, -0.1) is 6.58 Å². The zero-order valence-electron chi connectivity index (χ0n) is 10.7. The largest absolute Gasteiger partial charge is 0.349 e. The van der Waals surface area contributed by atoms with Crippen LogP contribution in [0.15, 0.2) is 30.9 Å². The number of benzene rings is 1. The van der Waals surface area contributed by atoms with Crippen molar-refractivity contribution in [3.63, 3.8) is 0 Å². The summed E-state index contributed by atoms with van der Waals surface area (Å²) in [6, 6.07) is 5.47. The molecule has 0 saturated heterocycles. The summed E-state index contributed by atoms with van der Waals surface area (Å²) in [6.45, 7) is 8.19. The van der Waals surface area contributed by atoms with Crippen LogP contribution in [-0.2, 0) is 0 Å². The molecule has 0 spiro atoms. The number of carbonyl (C=O) groups is 1. The van der Waals surface area contributed by atoms with Gasteiger partial charge in [0.15, 0.2) is 0 Å². The lowest BCUT2D eigenvalue weighted by atomic mass is 10.2. The Morgan fingerprint density at radius 3 is 3.00 bits per heavy atom. The van der Waals surface area contributed by atoms with Gasteiger partial charge in [0.05, 0.1) is 11.0 Å². The number of aromatic amines is 1. The van der Waals surface area contributed by atoms with Crippen LogP contribution in [0.1, 0.15) is 35.9 Å². The molecule has 4 heteroatoms. The standard InChI is InChI=1S/C14H17N3O/c1-4-7-15-14(18)10-5-6-11-12(8-10)17-13(16-11)9(2)3/h4-6,8-9H,1,7H2,2-3H3,(H,15,18)(H,16,17). The number of H-pyrrole nitrogens is 1. The van der Waals surface area contributed by atoms with Gasteiger partial charge in [0.2, 0.25) is 0 Å². The van der Waals surface area contributed by atoms with Crippen molar-refractivity contribution in [3.8, 4) is 0 Å². The van der Waals surface area contributed by atoms with Crippen LogP contribution in [0.3, 0.4) is 0 Å². The van der Waals surface area contributed by atoms with E-state index >= 15 is 0 Å². The fraction of sp³-hybridized carbons (Fsp3) is 0.286. The molecule has 1 heterocycles. The molecule has 2 N–H and O–H groups in total. The maximum atomic E-state index is 11.8. The minimum atomic E-state index is -0.0995. The summed E-state index contributed by atoms with van der Waals surface area (Å²) in [6.07, 6.45) is 1.66. The molecule has 0 radical (unpaired) electrons. The van der Waals surface area contributed by atoms with Crippen molar-refractivity contribution < 1.29 is 4.79 Å². The molecule has 4 nitrogen and oxygen atoms in total. The Kier molecular flexibility index (Phi) is 3.46. The van der Waals surface area contributed by atoms with Crippen molar-refractivity contribution in [3.05, 3.63) is 42.2 Å². The number of fused-ring (bicyclic) bond motifs is 1. The highest BCUT2D eigenvalue weighted by atomic mass is 16.1. The molecule has 0 aliphatic rings.